The predicted molar refractivity (Wildman–Crippen MR) is 217 cm³/mol. The molecule has 8 aromatic carbocycles. The fourth-order valence-electron chi connectivity index (χ4n) is 7.42. The molecule has 10 aromatic rings. The van der Waals surface area contributed by atoms with Crippen LogP contribution in [0.15, 0.2) is 192 Å². The van der Waals surface area contributed by atoms with E-state index < -0.39 is 0 Å². The van der Waals surface area contributed by atoms with Crippen LogP contribution in [0.4, 0.5) is 0 Å². The number of aromatic nitrogens is 3. The summed E-state index contributed by atoms with van der Waals surface area (Å²) in [5, 5.41) is 4.37. The summed E-state index contributed by atoms with van der Waals surface area (Å²) in [5.41, 5.74) is 11.3. The second-order valence-corrected chi connectivity index (χ2v) is 13.2. The zero-order chi connectivity index (χ0) is 35.1. The van der Waals surface area contributed by atoms with Crippen molar-refractivity contribution in [2.24, 2.45) is 0 Å². The molecule has 0 atom stereocenters. The lowest BCUT2D eigenvalue weighted by Gasteiger charge is -2.12. The molecule has 0 N–H and O–H groups in total. The Balaban J connectivity index is 1.12. The summed E-state index contributed by atoms with van der Waals surface area (Å²) < 4.78 is 6.56. The van der Waals surface area contributed by atoms with Gasteiger partial charge in [0, 0.05) is 27.5 Å². The number of rotatable bonds is 6. The van der Waals surface area contributed by atoms with Crippen LogP contribution in [-0.4, -0.2) is 15.0 Å². The van der Waals surface area contributed by atoms with E-state index in [-0.39, 0.29) is 0 Å². The maximum atomic E-state index is 6.56. The second-order valence-electron chi connectivity index (χ2n) is 13.2. The van der Waals surface area contributed by atoms with Gasteiger partial charge in [-0.05, 0) is 68.4 Å². The monoisotopic (exact) mass is 677 g/mol. The molecule has 0 saturated carbocycles. The first-order valence-corrected chi connectivity index (χ1v) is 17.8. The Morgan fingerprint density at radius 2 is 0.830 bits per heavy atom. The van der Waals surface area contributed by atoms with Gasteiger partial charge in [-0.2, -0.15) is 0 Å². The SMILES string of the molecule is c1ccc(-c2cccc(-c3cccc4oc5cc(-c6nc(-c7ccccc7)nc(-c7cccc8c(-c9ccccc9)cccc78)n6)ccc5c34)c2)cc1. The predicted octanol–water partition coefficient (Wildman–Crippen LogP) is 12.9. The number of hydrogen-bond acceptors (Lipinski definition) is 4. The molecule has 53 heavy (non-hydrogen) atoms. The highest BCUT2D eigenvalue weighted by Crippen LogP contribution is 2.40. The van der Waals surface area contributed by atoms with Crippen LogP contribution < -0.4 is 0 Å². The Kier molecular flexibility index (Phi) is 7.43. The van der Waals surface area contributed by atoms with Crippen molar-refractivity contribution in [3.05, 3.63) is 188 Å². The van der Waals surface area contributed by atoms with Crippen molar-refractivity contribution in [1.29, 1.82) is 0 Å². The molecular weight excluding hydrogens is 647 g/mol. The minimum Gasteiger partial charge on any atom is -0.456 e. The number of fused-ring (bicyclic) bond motifs is 4. The molecular formula is C49H31N3O. The summed E-state index contributed by atoms with van der Waals surface area (Å²) in [6.45, 7) is 0. The van der Waals surface area contributed by atoms with E-state index in [0.29, 0.717) is 17.5 Å². The fourth-order valence-corrected chi connectivity index (χ4v) is 7.42. The summed E-state index contributed by atoms with van der Waals surface area (Å²) >= 11 is 0. The van der Waals surface area contributed by atoms with E-state index >= 15 is 0 Å². The molecule has 0 unspecified atom stereocenters. The third kappa shape index (κ3) is 5.54. The molecule has 0 saturated heterocycles. The Labute approximate surface area is 306 Å². The third-order valence-corrected chi connectivity index (χ3v) is 9.95. The van der Waals surface area contributed by atoms with Gasteiger partial charge in [0.25, 0.3) is 0 Å². The maximum absolute atomic E-state index is 6.56. The zero-order valence-corrected chi connectivity index (χ0v) is 28.6. The third-order valence-electron chi connectivity index (χ3n) is 9.95. The van der Waals surface area contributed by atoms with Gasteiger partial charge in [-0.25, -0.2) is 15.0 Å². The number of nitrogens with zero attached hydrogens (tertiary/aromatic N) is 3. The first-order valence-electron chi connectivity index (χ1n) is 17.8. The Hall–Kier alpha value is -7.17. The summed E-state index contributed by atoms with van der Waals surface area (Å²) in [5.74, 6) is 1.82. The van der Waals surface area contributed by atoms with Crippen LogP contribution in [0.2, 0.25) is 0 Å². The first kappa shape index (κ1) is 30.6. The molecule has 4 nitrogen and oxygen atoms in total. The summed E-state index contributed by atoms with van der Waals surface area (Å²) in [7, 11) is 0. The van der Waals surface area contributed by atoms with Crippen molar-refractivity contribution in [2.75, 3.05) is 0 Å². The Morgan fingerprint density at radius 3 is 1.58 bits per heavy atom. The van der Waals surface area contributed by atoms with Crippen molar-refractivity contribution in [3.8, 4) is 67.5 Å². The average molecular weight is 678 g/mol. The number of hydrogen-bond donors (Lipinski definition) is 0. The van der Waals surface area contributed by atoms with Crippen LogP contribution >= 0.6 is 0 Å². The van der Waals surface area contributed by atoms with E-state index in [1.807, 2.05) is 48.5 Å². The molecule has 0 radical (unpaired) electrons. The van der Waals surface area contributed by atoms with E-state index in [9.17, 15) is 0 Å². The van der Waals surface area contributed by atoms with Gasteiger partial charge in [0.05, 0.1) is 0 Å². The van der Waals surface area contributed by atoms with E-state index in [1.165, 1.54) is 22.3 Å². The zero-order valence-electron chi connectivity index (χ0n) is 28.6. The minimum atomic E-state index is 0.586. The van der Waals surface area contributed by atoms with Crippen LogP contribution in [0.5, 0.6) is 0 Å². The van der Waals surface area contributed by atoms with E-state index in [2.05, 4.69) is 140 Å². The van der Waals surface area contributed by atoms with Gasteiger partial charge >= 0.3 is 0 Å². The van der Waals surface area contributed by atoms with Crippen LogP contribution in [0.3, 0.4) is 0 Å². The van der Waals surface area contributed by atoms with E-state index in [1.54, 1.807) is 0 Å². The average Bonchev–Trinajstić information content (AvgIpc) is 3.62. The van der Waals surface area contributed by atoms with E-state index in [0.717, 1.165) is 60.5 Å². The molecule has 0 amide bonds. The first-order chi connectivity index (χ1) is 26.3. The van der Waals surface area contributed by atoms with Crippen molar-refractivity contribution < 1.29 is 4.42 Å². The van der Waals surface area contributed by atoms with Gasteiger partial charge in [-0.1, -0.05) is 164 Å². The van der Waals surface area contributed by atoms with Crippen LogP contribution in [0.1, 0.15) is 0 Å². The van der Waals surface area contributed by atoms with Gasteiger partial charge in [0.2, 0.25) is 0 Å². The normalized spacial score (nSPS) is 11.4. The lowest BCUT2D eigenvalue weighted by atomic mass is 9.95. The quantitative estimate of drug-likeness (QED) is 0.176. The molecule has 248 valence electrons. The van der Waals surface area contributed by atoms with Crippen molar-refractivity contribution in [3.63, 3.8) is 0 Å². The van der Waals surface area contributed by atoms with Gasteiger partial charge in [-0.3, -0.25) is 0 Å². The number of furan rings is 1. The van der Waals surface area contributed by atoms with Crippen LogP contribution in [-0.2, 0) is 0 Å². The Bertz CT molecular complexity index is 2940. The van der Waals surface area contributed by atoms with Gasteiger partial charge in [0.1, 0.15) is 11.2 Å². The van der Waals surface area contributed by atoms with Crippen molar-refractivity contribution >= 4 is 32.7 Å². The standard InChI is InChI=1S/C49H31N3O/c1-4-14-32(15-5-1)35-20-10-21-36(30-35)39-23-13-27-44-46(39)43-29-28-37(31-45(43)53-44)48-50-47(34-18-8-3-9-19-34)51-49(52-48)42-26-12-24-40-38(22-11-25-41(40)42)33-16-6-2-7-17-33/h1-31H. The molecule has 0 aliphatic rings. The molecule has 0 spiro atoms. The molecule has 2 aromatic heterocycles. The fraction of sp³-hybridized carbons (Fsp3) is 0. The molecule has 0 bridgehead atoms. The molecule has 0 aliphatic heterocycles. The van der Waals surface area contributed by atoms with Crippen LogP contribution in [0.25, 0.3) is 100 Å². The smallest absolute Gasteiger partial charge is 0.164 e. The molecule has 2 heterocycles. The highest BCUT2D eigenvalue weighted by Gasteiger charge is 2.18. The van der Waals surface area contributed by atoms with Gasteiger partial charge < -0.3 is 4.42 Å². The largest absolute Gasteiger partial charge is 0.456 e. The number of benzene rings is 8. The lowest BCUT2D eigenvalue weighted by molar-refractivity contribution is 0.669. The van der Waals surface area contributed by atoms with Crippen LogP contribution in [0, 0.1) is 0 Å². The summed E-state index contributed by atoms with van der Waals surface area (Å²) in [6.07, 6.45) is 0. The van der Waals surface area contributed by atoms with Crippen molar-refractivity contribution in [1.82, 2.24) is 15.0 Å². The summed E-state index contributed by atoms with van der Waals surface area (Å²) in [6, 6.07) is 65.1. The highest BCUT2D eigenvalue weighted by atomic mass is 16.3. The van der Waals surface area contributed by atoms with E-state index in [4.69, 9.17) is 19.4 Å². The molecule has 10 rings (SSSR count). The topological polar surface area (TPSA) is 51.8 Å². The van der Waals surface area contributed by atoms with Gasteiger partial charge in [0.15, 0.2) is 17.5 Å². The molecule has 4 heteroatoms. The lowest BCUT2D eigenvalue weighted by Crippen LogP contribution is -2.00. The van der Waals surface area contributed by atoms with Gasteiger partial charge in [-0.15, -0.1) is 0 Å². The summed E-state index contributed by atoms with van der Waals surface area (Å²) in [4.78, 5) is 15.3. The van der Waals surface area contributed by atoms with Crippen molar-refractivity contribution in [2.45, 2.75) is 0 Å². The minimum absolute atomic E-state index is 0.586. The molecule has 0 fully saturated rings. The maximum Gasteiger partial charge on any atom is 0.164 e. The second kappa shape index (κ2) is 12.9. The Morgan fingerprint density at radius 1 is 0.283 bits per heavy atom. The highest BCUT2D eigenvalue weighted by molar-refractivity contribution is 6.13. The molecule has 0 aliphatic carbocycles.